The van der Waals surface area contributed by atoms with Crippen LogP contribution in [0.15, 0.2) is 10.5 Å². The molecule has 0 saturated heterocycles. The highest BCUT2D eigenvalue weighted by Gasteiger charge is 2.18. The molecule has 0 radical (unpaired) electrons. The van der Waals surface area contributed by atoms with Crippen molar-refractivity contribution >= 4 is 5.97 Å². The summed E-state index contributed by atoms with van der Waals surface area (Å²) in [4.78, 5) is 15.2. The fraction of sp³-hybridized carbons (Fsp3) is 0.375. The molecule has 4 heteroatoms. The lowest BCUT2D eigenvalue weighted by Gasteiger charge is -2.12. The van der Waals surface area contributed by atoms with Crippen LogP contribution >= 0.6 is 0 Å². The lowest BCUT2D eigenvalue weighted by molar-refractivity contribution is -0.136. The molecule has 20 heavy (non-hydrogen) atoms. The summed E-state index contributed by atoms with van der Waals surface area (Å²) in [6, 6.07) is 2.14. The van der Waals surface area contributed by atoms with Crippen molar-refractivity contribution in [1.29, 1.82) is 0 Å². The van der Waals surface area contributed by atoms with Gasteiger partial charge < -0.3 is 9.52 Å². The summed E-state index contributed by atoms with van der Waals surface area (Å²) in [6.07, 6.45) is -0.137. The molecule has 106 valence electrons. The van der Waals surface area contributed by atoms with E-state index in [1.807, 2.05) is 13.8 Å². The largest absolute Gasteiger partial charge is 0.481 e. The van der Waals surface area contributed by atoms with Crippen LogP contribution < -0.4 is 0 Å². The third-order valence-corrected chi connectivity index (χ3v) is 3.78. The molecular weight excluding hydrogens is 254 g/mol. The van der Waals surface area contributed by atoms with Gasteiger partial charge in [-0.1, -0.05) is 6.07 Å². The van der Waals surface area contributed by atoms with E-state index in [2.05, 4.69) is 24.9 Å². The van der Waals surface area contributed by atoms with E-state index in [0.29, 0.717) is 17.3 Å². The smallest absolute Gasteiger partial charge is 0.311 e. The van der Waals surface area contributed by atoms with Crippen LogP contribution in [0.4, 0.5) is 0 Å². The number of hydrogen-bond acceptors (Lipinski definition) is 3. The maximum atomic E-state index is 10.8. The molecule has 0 aliphatic heterocycles. The first-order valence-electron chi connectivity index (χ1n) is 6.57. The van der Waals surface area contributed by atoms with Gasteiger partial charge in [0, 0.05) is 5.56 Å². The monoisotopic (exact) mass is 273 g/mol. The standard InChI is InChI=1S/C16H19NO3/c1-8-6-9(2)11(4)15(10(8)3)16-17-12(5)13(20-16)7-14(18)19/h6H,7H2,1-5H3,(H,18,19). The molecule has 0 aliphatic carbocycles. The van der Waals surface area contributed by atoms with E-state index in [4.69, 9.17) is 9.52 Å². The Hall–Kier alpha value is -2.10. The number of oxazole rings is 1. The maximum absolute atomic E-state index is 10.8. The predicted octanol–water partition coefficient (Wildman–Crippen LogP) is 3.51. The van der Waals surface area contributed by atoms with Crippen molar-refractivity contribution in [3.8, 4) is 11.5 Å². The van der Waals surface area contributed by atoms with Gasteiger partial charge in [-0.3, -0.25) is 4.79 Å². The molecule has 0 aliphatic rings. The van der Waals surface area contributed by atoms with Crippen LogP contribution in [0.1, 0.15) is 33.7 Å². The van der Waals surface area contributed by atoms with Crippen LogP contribution in [-0.4, -0.2) is 16.1 Å². The Morgan fingerprint density at radius 3 is 2.20 bits per heavy atom. The Morgan fingerprint density at radius 1 is 1.15 bits per heavy atom. The number of benzene rings is 1. The van der Waals surface area contributed by atoms with Crippen molar-refractivity contribution in [3.63, 3.8) is 0 Å². The Labute approximate surface area is 118 Å². The van der Waals surface area contributed by atoms with E-state index in [0.717, 1.165) is 16.7 Å². The van der Waals surface area contributed by atoms with Crippen molar-refractivity contribution in [1.82, 2.24) is 4.98 Å². The van der Waals surface area contributed by atoms with Crippen molar-refractivity contribution in [2.75, 3.05) is 0 Å². The minimum atomic E-state index is -0.912. The Balaban J connectivity index is 2.60. The second-order valence-electron chi connectivity index (χ2n) is 5.23. The molecule has 0 amide bonds. The topological polar surface area (TPSA) is 63.3 Å². The molecule has 0 bridgehead atoms. The Kier molecular flexibility index (Phi) is 3.66. The SMILES string of the molecule is Cc1cc(C)c(C)c(-c2nc(C)c(CC(=O)O)o2)c1C. The summed E-state index contributed by atoms with van der Waals surface area (Å²) >= 11 is 0. The zero-order chi connectivity index (χ0) is 15.0. The minimum Gasteiger partial charge on any atom is -0.481 e. The molecule has 0 spiro atoms. The van der Waals surface area contributed by atoms with Gasteiger partial charge in [-0.25, -0.2) is 4.98 Å². The zero-order valence-electron chi connectivity index (χ0n) is 12.5. The average Bonchev–Trinajstić information content (AvgIpc) is 2.68. The fourth-order valence-electron chi connectivity index (χ4n) is 2.37. The maximum Gasteiger partial charge on any atom is 0.311 e. The number of aryl methyl sites for hydroxylation is 3. The second kappa shape index (κ2) is 5.12. The van der Waals surface area contributed by atoms with Gasteiger partial charge in [0.15, 0.2) is 0 Å². The van der Waals surface area contributed by atoms with Gasteiger partial charge in [-0.15, -0.1) is 0 Å². The van der Waals surface area contributed by atoms with E-state index >= 15 is 0 Å². The minimum absolute atomic E-state index is 0.137. The highest BCUT2D eigenvalue weighted by atomic mass is 16.4. The summed E-state index contributed by atoms with van der Waals surface area (Å²) in [6.45, 7) is 9.96. The van der Waals surface area contributed by atoms with Crippen molar-refractivity contribution < 1.29 is 14.3 Å². The molecule has 0 unspecified atom stereocenters. The van der Waals surface area contributed by atoms with Gasteiger partial charge >= 0.3 is 5.97 Å². The first-order chi connectivity index (χ1) is 9.31. The lowest BCUT2D eigenvalue weighted by Crippen LogP contribution is -1.99. The Morgan fingerprint density at radius 2 is 1.70 bits per heavy atom. The molecule has 0 fully saturated rings. The van der Waals surface area contributed by atoms with Crippen molar-refractivity contribution in [2.24, 2.45) is 0 Å². The number of rotatable bonds is 3. The number of hydrogen-bond donors (Lipinski definition) is 1. The number of carboxylic acid groups (broad SMARTS) is 1. The van der Waals surface area contributed by atoms with E-state index in [1.165, 1.54) is 11.1 Å². The van der Waals surface area contributed by atoms with Gasteiger partial charge in [0.1, 0.15) is 12.2 Å². The number of carbonyl (C=O) groups is 1. The molecule has 2 rings (SSSR count). The molecule has 0 atom stereocenters. The van der Waals surface area contributed by atoms with Crippen LogP contribution in [-0.2, 0) is 11.2 Å². The molecule has 1 aromatic heterocycles. The quantitative estimate of drug-likeness (QED) is 0.929. The summed E-state index contributed by atoms with van der Waals surface area (Å²) in [7, 11) is 0. The van der Waals surface area contributed by atoms with Crippen molar-refractivity contribution in [3.05, 3.63) is 39.8 Å². The number of nitrogens with zero attached hydrogens (tertiary/aromatic N) is 1. The number of aliphatic carboxylic acids is 1. The Bertz CT molecular complexity index is 657. The molecule has 1 aromatic carbocycles. The van der Waals surface area contributed by atoms with Gasteiger partial charge in [-0.05, 0) is 56.9 Å². The second-order valence-corrected chi connectivity index (χ2v) is 5.23. The number of carboxylic acids is 1. The van der Waals surface area contributed by atoms with Crippen LogP contribution in [0.3, 0.4) is 0 Å². The van der Waals surface area contributed by atoms with Crippen LogP contribution in [0.5, 0.6) is 0 Å². The van der Waals surface area contributed by atoms with E-state index in [1.54, 1.807) is 6.92 Å². The summed E-state index contributed by atoms with van der Waals surface area (Å²) in [5.74, 6) is 0.0238. The van der Waals surface area contributed by atoms with Crippen LogP contribution in [0, 0.1) is 34.6 Å². The fourth-order valence-corrected chi connectivity index (χ4v) is 2.37. The highest BCUT2D eigenvalue weighted by molar-refractivity contribution is 5.71. The molecule has 1 N–H and O–H groups in total. The molecule has 0 saturated carbocycles. The molecule has 2 aromatic rings. The van der Waals surface area contributed by atoms with Crippen LogP contribution in [0.2, 0.25) is 0 Å². The average molecular weight is 273 g/mol. The van der Waals surface area contributed by atoms with E-state index in [9.17, 15) is 4.79 Å². The van der Waals surface area contributed by atoms with Crippen molar-refractivity contribution in [2.45, 2.75) is 41.0 Å². The summed E-state index contributed by atoms with van der Waals surface area (Å²) < 4.78 is 5.69. The van der Waals surface area contributed by atoms with Gasteiger partial charge in [0.05, 0.1) is 5.69 Å². The van der Waals surface area contributed by atoms with Gasteiger partial charge in [0.25, 0.3) is 0 Å². The van der Waals surface area contributed by atoms with E-state index in [-0.39, 0.29) is 6.42 Å². The predicted molar refractivity (Wildman–Crippen MR) is 77.0 cm³/mol. The summed E-state index contributed by atoms with van der Waals surface area (Å²) in [5.41, 5.74) is 6.22. The van der Waals surface area contributed by atoms with Gasteiger partial charge in [0.2, 0.25) is 5.89 Å². The molecule has 1 heterocycles. The van der Waals surface area contributed by atoms with E-state index < -0.39 is 5.97 Å². The van der Waals surface area contributed by atoms with Gasteiger partial charge in [-0.2, -0.15) is 0 Å². The molecule has 4 nitrogen and oxygen atoms in total. The first kappa shape index (κ1) is 14.3. The lowest BCUT2D eigenvalue weighted by atomic mass is 9.94. The van der Waals surface area contributed by atoms with Crippen LogP contribution in [0.25, 0.3) is 11.5 Å². The highest BCUT2D eigenvalue weighted by Crippen LogP contribution is 2.32. The normalized spacial score (nSPS) is 10.8. The number of aromatic nitrogens is 1. The third-order valence-electron chi connectivity index (χ3n) is 3.78. The third kappa shape index (κ3) is 2.46. The summed E-state index contributed by atoms with van der Waals surface area (Å²) in [5, 5.41) is 8.88. The molecular formula is C16H19NO3. The zero-order valence-corrected chi connectivity index (χ0v) is 12.5. The first-order valence-corrected chi connectivity index (χ1v) is 6.57.